The van der Waals surface area contributed by atoms with Gasteiger partial charge in [-0.2, -0.15) is 0 Å². The lowest BCUT2D eigenvalue weighted by atomic mass is 10.1. The molecule has 9 heteroatoms. The molecule has 157 valence electrons. The summed E-state index contributed by atoms with van der Waals surface area (Å²) in [4.78, 5) is 13.9. The molecule has 2 fully saturated rings. The molecule has 1 aliphatic heterocycles. The van der Waals surface area contributed by atoms with E-state index in [1.807, 2.05) is 30.3 Å². The summed E-state index contributed by atoms with van der Waals surface area (Å²) in [6.45, 7) is 0.682. The maximum Gasteiger partial charge on any atom is 0.168 e. The Balaban J connectivity index is 1.49. The van der Waals surface area contributed by atoms with E-state index in [1.54, 1.807) is 10.9 Å². The molecular formula is C21H24N5O4. The molecule has 30 heavy (non-hydrogen) atoms. The Hall–Kier alpha value is -2.59. The van der Waals surface area contributed by atoms with Gasteiger partial charge in [0.1, 0.15) is 24.1 Å². The van der Waals surface area contributed by atoms with Crippen LogP contribution in [0.3, 0.4) is 0 Å². The number of nitrogens with one attached hydrogen (secondary N) is 1. The lowest BCUT2D eigenvalue weighted by Gasteiger charge is -2.17. The largest absolute Gasteiger partial charge is 0.387 e. The van der Waals surface area contributed by atoms with Gasteiger partial charge in [-0.25, -0.2) is 15.0 Å². The predicted molar refractivity (Wildman–Crippen MR) is 108 cm³/mol. The minimum absolute atomic E-state index is 0.0769. The third-order valence-corrected chi connectivity index (χ3v) is 5.58. The Morgan fingerprint density at radius 2 is 1.97 bits per heavy atom. The number of imidazole rings is 1. The molecule has 1 aromatic carbocycles. The van der Waals surface area contributed by atoms with Crippen LogP contribution in [0.4, 0.5) is 5.82 Å². The van der Waals surface area contributed by atoms with Crippen LogP contribution < -0.4 is 5.32 Å². The molecule has 1 saturated carbocycles. The van der Waals surface area contributed by atoms with Crippen molar-refractivity contribution in [3.05, 3.63) is 55.2 Å². The van der Waals surface area contributed by atoms with Crippen LogP contribution >= 0.6 is 0 Å². The van der Waals surface area contributed by atoms with Crippen molar-refractivity contribution in [3.8, 4) is 0 Å². The zero-order valence-corrected chi connectivity index (χ0v) is 16.4. The number of hydrogen-bond acceptors (Lipinski definition) is 8. The molecule has 0 spiro atoms. The molecule has 2 aromatic heterocycles. The van der Waals surface area contributed by atoms with Gasteiger partial charge in [0.15, 0.2) is 23.2 Å². The summed E-state index contributed by atoms with van der Waals surface area (Å²) in [7, 11) is 3.32. The first kappa shape index (κ1) is 19.4. The summed E-state index contributed by atoms with van der Waals surface area (Å²) in [5.74, 6) is 1.74. The fourth-order valence-corrected chi connectivity index (χ4v) is 3.76. The molecule has 5 rings (SSSR count). The first-order chi connectivity index (χ1) is 14.7. The molecule has 3 N–H and O–H groups in total. The van der Waals surface area contributed by atoms with Gasteiger partial charge in [-0.3, -0.25) is 4.57 Å². The normalized spacial score (nSPS) is 26.4. The number of rotatable bonds is 7. The van der Waals surface area contributed by atoms with E-state index in [0.29, 0.717) is 29.4 Å². The molecule has 0 bridgehead atoms. The Kier molecular flexibility index (Phi) is 5.11. The van der Waals surface area contributed by atoms with Gasteiger partial charge in [0.05, 0.1) is 20.0 Å². The molecule has 1 aliphatic carbocycles. The Bertz CT molecular complexity index is 1020. The highest BCUT2D eigenvalue weighted by Crippen LogP contribution is 2.40. The number of hydrogen-bond donors (Lipinski definition) is 3. The van der Waals surface area contributed by atoms with Gasteiger partial charge < -0.3 is 25.0 Å². The number of ether oxygens (including phenoxy) is 2. The Morgan fingerprint density at radius 1 is 1.17 bits per heavy atom. The van der Waals surface area contributed by atoms with Gasteiger partial charge >= 0.3 is 0 Å². The standard InChI is InChI=1S/C21H24N5O4/c1-29-10-14-16(27)17(28)21(30-14)26-11-23-15-19(22-9-12-5-3-2-4-6-12)24-18(13-7-8-13)25-20(15)26/h2-6,11,13-14,16-17,21,27-28H,1,7-10H2,(H,22,24,25)/t14-,16-,17-,21-/m1/s1. The second-order valence-corrected chi connectivity index (χ2v) is 7.78. The van der Waals surface area contributed by atoms with Gasteiger partial charge in [0.2, 0.25) is 0 Å². The average molecular weight is 410 g/mol. The zero-order valence-electron chi connectivity index (χ0n) is 16.4. The molecule has 9 nitrogen and oxygen atoms in total. The van der Waals surface area contributed by atoms with E-state index in [2.05, 4.69) is 17.4 Å². The van der Waals surface area contributed by atoms with Crippen LogP contribution in [-0.2, 0) is 16.0 Å². The minimum atomic E-state index is -1.14. The molecule has 2 aliphatic rings. The number of fused-ring (bicyclic) bond motifs is 1. The maximum atomic E-state index is 10.5. The van der Waals surface area contributed by atoms with Crippen molar-refractivity contribution in [1.82, 2.24) is 19.5 Å². The fraction of sp³-hybridized carbons (Fsp3) is 0.429. The fourth-order valence-electron chi connectivity index (χ4n) is 3.76. The van der Waals surface area contributed by atoms with Crippen molar-refractivity contribution in [2.24, 2.45) is 0 Å². The molecule has 3 aromatic rings. The summed E-state index contributed by atoms with van der Waals surface area (Å²) in [6, 6.07) is 10.1. The van der Waals surface area contributed by atoms with Crippen LogP contribution in [0, 0.1) is 7.11 Å². The number of anilines is 1. The summed E-state index contributed by atoms with van der Waals surface area (Å²) in [6.07, 6.45) is -0.0477. The van der Waals surface area contributed by atoms with Crippen molar-refractivity contribution in [1.29, 1.82) is 0 Å². The SMILES string of the molecule is [CH2]OC[C@H]1O[C@@H](n2cnc3c(NCc4ccccc4)nc(C4CC4)nc32)[C@H](O)[C@@H]1O. The second kappa shape index (κ2) is 7.92. The first-order valence-corrected chi connectivity index (χ1v) is 10.1. The lowest BCUT2D eigenvalue weighted by molar-refractivity contribution is -0.0538. The highest BCUT2D eigenvalue weighted by Gasteiger charge is 2.44. The van der Waals surface area contributed by atoms with Gasteiger partial charge in [-0.05, 0) is 18.4 Å². The van der Waals surface area contributed by atoms with Crippen molar-refractivity contribution < 1.29 is 19.7 Å². The molecule has 1 radical (unpaired) electrons. The van der Waals surface area contributed by atoms with Crippen molar-refractivity contribution in [2.45, 2.75) is 49.8 Å². The molecular weight excluding hydrogens is 386 g/mol. The second-order valence-electron chi connectivity index (χ2n) is 7.78. The van der Waals surface area contributed by atoms with Crippen LogP contribution in [0.25, 0.3) is 11.2 Å². The van der Waals surface area contributed by atoms with Crippen LogP contribution in [0.5, 0.6) is 0 Å². The van der Waals surface area contributed by atoms with Gasteiger partial charge in [-0.1, -0.05) is 30.3 Å². The van der Waals surface area contributed by atoms with E-state index in [9.17, 15) is 10.2 Å². The quantitative estimate of drug-likeness (QED) is 0.540. The van der Waals surface area contributed by atoms with Crippen LogP contribution in [-0.4, -0.2) is 54.7 Å². The minimum Gasteiger partial charge on any atom is -0.387 e. The zero-order chi connectivity index (χ0) is 20.7. The summed E-state index contributed by atoms with van der Waals surface area (Å²) < 4.78 is 12.3. The van der Waals surface area contributed by atoms with Crippen LogP contribution in [0.15, 0.2) is 36.7 Å². The number of nitrogens with zero attached hydrogens (tertiary/aromatic N) is 4. The Morgan fingerprint density at radius 3 is 2.70 bits per heavy atom. The molecule has 1 saturated heterocycles. The Labute approximate surface area is 173 Å². The van der Waals surface area contributed by atoms with Crippen molar-refractivity contribution in [2.75, 3.05) is 11.9 Å². The third-order valence-electron chi connectivity index (χ3n) is 5.58. The van der Waals surface area contributed by atoms with Gasteiger partial charge in [-0.15, -0.1) is 0 Å². The third kappa shape index (κ3) is 3.54. The van der Waals surface area contributed by atoms with Crippen LogP contribution in [0.1, 0.15) is 36.4 Å². The van der Waals surface area contributed by atoms with E-state index in [0.717, 1.165) is 24.2 Å². The monoisotopic (exact) mass is 410 g/mol. The highest BCUT2D eigenvalue weighted by molar-refractivity contribution is 5.83. The number of benzene rings is 1. The molecule has 0 unspecified atom stereocenters. The number of aromatic nitrogens is 4. The highest BCUT2D eigenvalue weighted by atomic mass is 16.6. The van der Waals surface area contributed by atoms with Crippen LogP contribution in [0.2, 0.25) is 0 Å². The van der Waals surface area contributed by atoms with Gasteiger partial charge in [0.25, 0.3) is 0 Å². The average Bonchev–Trinajstić information content (AvgIpc) is 3.48. The van der Waals surface area contributed by atoms with Crippen molar-refractivity contribution in [3.63, 3.8) is 0 Å². The van der Waals surface area contributed by atoms with E-state index in [1.165, 1.54) is 0 Å². The summed E-state index contributed by atoms with van der Waals surface area (Å²) >= 11 is 0. The predicted octanol–water partition coefficient (Wildman–Crippen LogP) is 1.74. The van der Waals surface area contributed by atoms with E-state index >= 15 is 0 Å². The van der Waals surface area contributed by atoms with E-state index in [4.69, 9.17) is 19.4 Å². The van der Waals surface area contributed by atoms with Crippen molar-refractivity contribution >= 4 is 17.0 Å². The molecule has 4 atom stereocenters. The number of aliphatic hydroxyl groups excluding tert-OH is 2. The lowest BCUT2D eigenvalue weighted by Crippen LogP contribution is -2.33. The first-order valence-electron chi connectivity index (χ1n) is 10.1. The maximum absolute atomic E-state index is 10.5. The summed E-state index contributed by atoms with van der Waals surface area (Å²) in [5.41, 5.74) is 2.29. The molecule has 3 heterocycles. The van der Waals surface area contributed by atoms with Gasteiger partial charge in [0, 0.05) is 12.5 Å². The van der Waals surface area contributed by atoms with E-state index in [-0.39, 0.29) is 6.61 Å². The summed E-state index contributed by atoms with van der Waals surface area (Å²) in [5, 5.41) is 24.2. The molecule has 0 amide bonds. The topological polar surface area (TPSA) is 115 Å². The number of aliphatic hydroxyl groups is 2. The smallest absolute Gasteiger partial charge is 0.168 e. The van der Waals surface area contributed by atoms with E-state index < -0.39 is 24.5 Å².